The van der Waals surface area contributed by atoms with Gasteiger partial charge in [-0.1, -0.05) is 66.7 Å². The minimum Gasteiger partial charge on any atom is -0.460 e. The van der Waals surface area contributed by atoms with Gasteiger partial charge in [-0.3, -0.25) is 24.0 Å². The molecule has 15 nitrogen and oxygen atoms in total. The van der Waals surface area contributed by atoms with Crippen LogP contribution in [0.4, 0.5) is 4.79 Å². The van der Waals surface area contributed by atoms with Gasteiger partial charge in [0, 0.05) is 11.7 Å². The number of benzene rings is 2. The highest BCUT2D eigenvalue weighted by Crippen LogP contribution is 2.15. The number of alkyl carbamates (subject to hydrolysis) is 1. The number of esters is 2. The summed E-state index contributed by atoms with van der Waals surface area (Å²) in [6.45, 7) is 9.09. The van der Waals surface area contributed by atoms with Crippen molar-refractivity contribution >= 4 is 45.6 Å². The van der Waals surface area contributed by atoms with Gasteiger partial charge >= 0.3 is 18.0 Å². The zero-order valence-electron chi connectivity index (χ0n) is 30.4. The third kappa shape index (κ3) is 18.1. The van der Waals surface area contributed by atoms with Gasteiger partial charge in [0.1, 0.15) is 29.9 Å². The third-order valence-corrected chi connectivity index (χ3v) is 7.08. The second-order valence-corrected chi connectivity index (χ2v) is 15.7. The molecule has 0 radical (unpaired) electrons. The van der Waals surface area contributed by atoms with Crippen LogP contribution in [0.25, 0.3) is 0 Å². The van der Waals surface area contributed by atoms with Crippen molar-refractivity contribution in [3.8, 4) is 0 Å². The van der Waals surface area contributed by atoms with E-state index in [2.05, 4.69) is 21.3 Å². The van der Waals surface area contributed by atoms with Gasteiger partial charge in [0.2, 0.25) is 17.7 Å². The van der Waals surface area contributed by atoms with Crippen molar-refractivity contribution in [1.82, 2.24) is 21.3 Å². The lowest BCUT2D eigenvalue weighted by Gasteiger charge is -2.25. The number of carbonyl (C=O) groups excluding carboxylic acids is 6. The smallest absolute Gasteiger partial charge is 0.408 e. The summed E-state index contributed by atoms with van der Waals surface area (Å²) in [6.07, 6.45) is 0.0562. The largest absolute Gasteiger partial charge is 0.460 e. The highest BCUT2D eigenvalue weighted by Gasteiger charge is 2.32. The van der Waals surface area contributed by atoms with Crippen LogP contribution >= 0.6 is 0 Å². The molecule has 2 aromatic rings. The highest BCUT2D eigenvalue weighted by molar-refractivity contribution is 7.93. The number of sulfone groups is 1. The summed E-state index contributed by atoms with van der Waals surface area (Å²) in [7, 11) is -3.61. The summed E-state index contributed by atoms with van der Waals surface area (Å²) >= 11 is 0. The second kappa shape index (κ2) is 19.4. The van der Waals surface area contributed by atoms with Gasteiger partial charge in [0.05, 0.1) is 25.4 Å². The number of rotatable bonds is 16. The van der Waals surface area contributed by atoms with Crippen LogP contribution in [-0.4, -0.2) is 80.3 Å². The number of nitrogens with one attached hydrogen (secondary N) is 4. The molecular formula is C36H48N4O11S. The van der Waals surface area contributed by atoms with Crippen molar-refractivity contribution in [1.29, 1.82) is 0 Å². The molecule has 0 heterocycles. The fraction of sp³-hybridized carbons (Fsp3) is 0.444. The van der Waals surface area contributed by atoms with E-state index in [4.69, 9.17) is 14.2 Å². The first-order valence-corrected chi connectivity index (χ1v) is 18.3. The molecule has 2 aromatic carbocycles. The van der Waals surface area contributed by atoms with Crippen molar-refractivity contribution in [2.45, 2.75) is 90.3 Å². The number of carbonyl (C=O) groups is 6. The summed E-state index contributed by atoms with van der Waals surface area (Å²) in [4.78, 5) is 77.9. The molecule has 4 amide bonds. The lowest BCUT2D eigenvalue weighted by molar-refractivity contribution is -0.157. The Morgan fingerprint density at radius 1 is 0.731 bits per heavy atom. The summed E-state index contributed by atoms with van der Waals surface area (Å²) < 4.78 is 39.3. The van der Waals surface area contributed by atoms with E-state index in [-0.39, 0.29) is 6.61 Å². The number of ether oxygens (including phenoxy) is 3. The van der Waals surface area contributed by atoms with Crippen LogP contribution < -0.4 is 21.3 Å². The Morgan fingerprint density at radius 2 is 1.27 bits per heavy atom. The predicted molar refractivity (Wildman–Crippen MR) is 191 cm³/mol. The van der Waals surface area contributed by atoms with E-state index in [1.54, 1.807) is 102 Å². The van der Waals surface area contributed by atoms with Crippen molar-refractivity contribution in [3.05, 3.63) is 83.3 Å². The molecule has 0 unspecified atom stereocenters. The average Bonchev–Trinajstić information content (AvgIpc) is 3.02. The van der Waals surface area contributed by atoms with E-state index in [9.17, 15) is 37.2 Å². The van der Waals surface area contributed by atoms with Crippen LogP contribution in [0.3, 0.4) is 0 Å². The first-order valence-electron chi connectivity index (χ1n) is 16.3. The quantitative estimate of drug-likeness (QED) is 0.145. The molecule has 4 N–H and O–H groups in total. The van der Waals surface area contributed by atoms with Gasteiger partial charge in [-0.2, -0.15) is 0 Å². The predicted octanol–water partition coefficient (Wildman–Crippen LogP) is 2.76. The molecule has 16 heteroatoms. The first kappa shape index (κ1) is 42.9. The van der Waals surface area contributed by atoms with Crippen molar-refractivity contribution in [3.63, 3.8) is 0 Å². The fourth-order valence-corrected chi connectivity index (χ4v) is 4.82. The number of amides is 4. The molecule has 0 spiro atoms. The maximum absolute atomic E-state index is 13.6. The van der Waals surface area contributed by atoms with Crippen LogP contribution in [0.5, 0.6) is 0 Å². The summed E-state index contributed by atoms with van der Waals surface area (Å²) in [5, 5.41) is 10.6. The molecule has 0 saturated carbocycles. The number of hydrogen-bond donors (Lipinski definition) is 4. The lowest BCUT2D eigenvalue weighted by atomic mass is 10.0. The van der Waals surface area contributed by atoms with Crippen molar-refractivity contribution in [2.75, 3.05) is 12.8 Å². The van der Waals surface area contributed by atoms with Crippen molar-refractivity contribution in [2.24, 2.45) is 0 Å². The van der Waals surface area contributed by atoms with Crippen LogP contribution in [0.1, 0.15) is 71.6 Å². The zero-order chi connectivity index (χ0) is 39.1. The van der Waals surface area contributed by atoms with Gasteiger partial charge in [-0.25, -0.2) is 13.2 Å². The molecule has 0 saturated heterocycles. The average molecular weight is 745 g/mol. The maximum Gasteiger partial charge on any atom is 0.408 e. The van der Waals surface area contributed by atoms with Gasteiger partial charge in [-0.05, 0) is 52.7 Å². The molecule has 3 atom stereocenters. The van der Waals surface area contributed by atoms with Gasteiger partial charge in [0.15, 0.2) is 9.84 Å². The van der Waals surface area contributed by atoms with Gasteiger partial charge < -0.3 is 35.5 Å². The highest BCUT2D eigenvalue weighted by atomic mass is 32.2. The van der Waals surface area contributed by atoms with E-state index < -0.39 is 94.3 Å². The Hall–Kier alpha value is -5.25. The molecule has 0 bridgehead atoms. The van der Waals surface area contributed by atoms with Crippen molar-refractivity contribution < 1.29 is 51.4 Å². The Kier molecular flexibility index (Phi) is 16.0. The summed E-state index contributed by atoms with van der Waals surface area (Å²) in [6, 6.07) is 12.7. The standard InChI is InChI=1S/C36H48N4O11S/c1-35(2,3)50-29(42)20-26(18-19-52(7,47)48)38-28(41)22-37-33(45)31(25-16-12-9-13-17-25)40-32(44)27(21-30(43)51-36(4,5)6)39-34(46)49-23-24-14-10-8-11-15-24/h8-19,26-27,31H,20-23H2,1-7H3,(H,37,45)(H,38,41)(H,39,46)(H,40,44)/b19-18+/t26-,27+,31+/m1/s1. The molecule has 0 aliphatic carbocycles. The molecule has 0 aromatic heterocycles. The Labute approximate surface area is 304 Å². The fourth-order valence-electron chi connectivity index (χ4n) is 4.35. The topological polar surface area (TPSA) is 212 Å². The molecule has 0 aliphatic heterocycles. The Bertz CT molecular complexity index is 1680. The minimum atomic E-state index is -3.61. The zero-order valence-corrected chi connectivity index (χ0v) is 31.2. The van der Waals surface area contributed by atoms with Crippen LogP contribution in [0.2, 0.25) is 0 Å². The molecule has 0 fully saturated rings. The monoisotopic (exact) mass is 744 g/mol. The molecule has 2 rings (SSSR count). The molecule has 52 heavy (non-hydrogen) atoms. The van der Waals surface area contributed by atoms with E-state index in [1.165, 1.54) is 0 Å². The summed E-state index contributed by atoms with van der Waals surface area (Å²) in [5.41, 5.74) is -0.750. The van der Waals surface area contributed by atoms with E-state index >= 15 is 0 Å². The maximum atomic E-state index is 13.6. The Morgan fingerprint density at radius 3 is 1.81 bits per heavy atom. The van der Waals surface area contributed by atoms with Crippen LogP contribution in [0, 0.1) is 0 Å². The lowest BCUT2D eigenvalue weighted by Crippen LogP contribution is -2.52. The molecule has 284 valence electrons. The van der Waals surface area contributed by atoms with E-state index in [0.717, 1.165) is 17.7 Å². The number of hydrogen-bond acceptors (Lipinski definition) is 11. The van der Waals surface area contributed by atoms with E-state index in [0.29, 0.717) is 11.1 Å². The Balaban J connectivity index is 2.23. The molecule has 0 aliphatic rings. The normalized spacial score (nSPS) is 13.5. The van der Waals surface area contributed by atoms with E-state index in [1.807, 2.05) is 0 Å². The second-order valence-electron chi connectivity index (χ2n) is 13.7. The summed E-state index contributed by atoms with van der Waals surface area (Å²) in [5.74, 6) is -4.07. The SMILES string of the molecule is CC(C)(C)OC(=O)C[C@@H](/C=C/S(C)(=O)=O)NC(=O)CNC(=O)[C@@H](NC(=O)[C@H](CC(=O)OC(C)(C)C)NC(=O)OCc1ccccc1)c1ccccc1. The first-order chi connectivity index (χ1) is 24.1. The third-order valence-electron chi connectivity index (χ3n) is 6.43. The van der Waals surface area contributed by atoms with Crippen LogP contribution in [0.15, 0.2) is 72.1 Å². The van der Waals surface area contributed by atoms with Crippen LogP contribution in [-0.2, 0) is 54.6 Å². The van der Waals surface area contributed by atoms with Gasteiger partial charge in [0.25, 0.3) is 0 Å². The van der Waals surface area contributed by atoms with Gasteiger partial charge in [-0.15, -0.1) is 0 Å². The minimum absolute atomic E-state index is 0.118. The molecular weight excluding hydrogens is 696 g/mol.